The van der Waals surface area contributed by atoms with Gasteiger partial charge < -0.3 is 9.72 Å². The van der Waals surface area contributed by atoms with E-state index in [2.05, 4.69) is 15.0 Å². The van der Waals surface area contributed by atoms with Crippen molar-refractivity contribution in [2.75, 3.05) is 6.61 Å². The van der Waals surface area contributed by atoms with Gasteiger partial charge in [-0.15, -0.1) is 0 Å². The molecule has 0 aromatic carbocycles. The van der Waals surface area contributed by atoms with Crippen molar-refractivity contribution in [2.24, 2.45) is 5.11 Å². The second kappa shape index (κ2) is 5.51. The smallest absolute Gasteiger partial charge is 0.340 e. The third kappa shape index (κ3) is 3.21. The van der Waals surface area contributed by atoms with Crippen molar-refractivity contribution in [1.82, 2.24) is 4.98 Å². The summed E-state index contributed by atoms with van der Waals surface area (Å²) in [6, 6.07) is 3.51. The summed E-state index contributed by atoms with van der Waals surface area (Å²) in [6.07, 6.45) is 3.13. The van der Waals surface area contributed by atoms with Crippen LogP contribution in [-0.2, 0) is 9.53 Å². The molecule has 78 valence electrons. The lowest BCUT2D eigenvalue weighted by atomic mass is 10.3. The number of nitrogens with one attached hydrogen (secondary N) is 1. The minimum atomic E-state index is -0.634. The van der Waals surface area contributed by atoms with E-state index in [1.165, 1.54) is 6.08 Å². The fraction of sp³-hybridized carbons (Fsp3) is 0.222. The Labute approximate surface area is 86.2 Å². The van der Waals surface area contributed by atoms with Gasteiger partial charge in [0.25, 0.3) is 0 Å². The second-order valence-corrected chi connectivity index (χ2v) is 2.56. The molecule has 1 aromatic rings. The number of nitrogens with zero attached hydrogens (tertiary/aromatic N) is 3. The number of ether oxygens (including phenoxy) is 1. The zero-order chi connectivity index (χ0) is 11.1. The standard InChI is InChI=1S/C9H10N4O2/c1-2-15-9(14)8(12-13-10)6-7-4-3-5-11-7/h3-6,11H,2H2,1H3/b8-6-. The van der Waals surface area contributed by atoms with Crippen LogP contribution in [0, 0.1) is 0 Å². The molecule has 0 fully saturated rings. The molecule has 0 spiro atoms. The number of rotatable bonds is 4. The predicted molar refractivity (Wildman–Crippen MR) is 54.5 cm³/mol. The number of carbonyl (C=O) groups is 1. The molecule has 0 saturated carbocycles. The van der Waals surface area contributed by atoms with Crippen LogP contribution in [0.2, 0.25) is 0 Å². The monoisotopic (exact) mass is 206 g/mol. The fourth-order valence-corrected chi connectivity index (χ4v) is 0.963. The fourth-order valence-electron chi connectivity index (χ4n) is 0.963. The molecule has 6 nitrogen and oxygen atoms in total. The van der Waals surface area contributed by atoms with Gasteiger partial charge in [-0.05, 0) is 30.7 Å². The Morgan fingerprint density at radius 2 is 2.60 bits per heavy atom. The van der Waals surface area contributed by atoms with E-state index in [1.54, 1.807) is 25.3 Å². The maximum absolute atomic E-state index is 11.3. The Bertz CT molecular complexity index is 402. The van der Waals surface area contributed by atoms with Crippen LogP contribution < -0.4 is 0 Å². The first-order chi connectivity index (χ1) is 7.27. The van der Waals surface area contributed by atoms with Gasteiger partial charge in [-0.2, -0.15) is 0 Å². The Balaban J connectivity index is 2.92. The van der Waals surface area contributed by atoms with Crippen LogP contribution in [0.25, 0.3) is 16.5 Å². The Morgan fingerprint density at radius 1 is 1.80 bits per heavy atom. The van der Waals surface area contributed by atoms with Crippen molar-refractivity contribution in [3.05, 3.63) is 40.2 Å². The van der Waals surface area contributed by atoms with Crippen molar-refractivity contribution >= 4 is 12.0 Å². The van der Waals surface area contributed by atoms with Crippen LogP contribution in [0.5, 0.6) is 0 Å². The molecule has 0 aliphatic heterocycles. The predicted octanol–water partition coefficient (Wildman–Crippen LogP) is 2.23. The van der Waals surface area contributed by atoms with Crippen LogP contribution >= 0.6 is 0 Å². The van der Waals surface area contributed by atoms with Gasteiger partial charge in [0.05, 0.1) is 6.61 Å². The third-order valence-corrected chi connectivity index (χ3v) is 1.55. The lowest BCUT2D eigenvalue weighted by Crippen LogP contribution is -2.05. The summed E-state index contributed by atoms with van der Waals surface area (Å²) in [4.78, 5) is 16.7. The van der Waals surface area contributed by atoms with Crippen LogP contribution in [0.4, 0.5) is 0 Å². The maximum Gasteiger partial charge on any atom is 0.340 e. The number of H-pyrrole nitrogens is 1. The van der Waals surface area contributed by atoms with Gasteiger partial charge in [-0.3, -0.25) is 0 Å². The summed E-state index contributed by atoms with van der Waals surface area (Å²) < 4.78 is 4.72. The van der Waals surface area contributed by atoms with Gasteiger partial charge in [0.15, 0.2) is 0 Å². The molecule has 0 amide bonds. The van der Waals surface area contributed by atoms with Gasteiger partial charge in [0, 0.05) is 16.8 Å². The first-order valence-electron chi connectivity index (χ1n) is 4.35. The van der Waals surface area contributed by atoms with Gasteiger partial charge in [0.1, 0.15) is 5.70 Å². The van der Waals surface area contributed by atoms with E-state index in [1.807, 2.05) is 0 Å². The topological polar surface area (TPSA) is 90.9 Å². The molecule has 0 radical (unpaired) electrons. The summed E-state index contributed by atoms with van der Waals surface area (Å²) in [7, 11) is 0. The van der Waals surface area contributed by atoms with Gasteiger partial charge in [-0.1, -0.05) is 5.11 Å². The van der Waals surface area contributed by atoms with E-state index in [-0.39, 0.29) is 12.3 Å². The molecule has 0 bridgehead atoms. The normalized spacial score (nSPS) is 10.6. The van der Waals surface area contributed by atoms with Crippen LogP contribution in [0.15, 0.2) is 29.1 Å². The molecule has 1 rings (SSSR count). The number of carbonyl (C=O) groups excluding carboxylic acids is 1. The van der Waals surface area contributed by atoms with Crippen LogP contribution in [0.3, 0.4) is 0 Å². The number of hydrogen-bond donors (Lipinski definition) is 1. The van der Waals surface area contributed by atoms with Crippen molar-refractivity contribution < 1.29 is 9.53 Å². The van der Waals surface area contributed by atoms with Crippen molar-refractivity contribution in [1.29, 1.82) is 0 Å². The summed E-state index contributed by atoms with van der Waals surface area (Å²) in [5, 5.41) is 3.26. The summed E-state index contributed by atoms with van der Waals surface area (Å²) in [5.41, 5.74) is 8.89. The van der Waals surface area contributed by atoms with Gasteiger partial charge in [-0.25, -0.2) is 4.79 Å². The highest BCUT2D eigenvalue weighted by Gasteiger charge is 2.08. The highest BCUT2D eigenvalue weighted by Crippen LogP contribution is 2.07. The molecule has 0 saturated heterocycles. The van der Waals surface area contributed by atoms with E-state index in [0.717, 1.165) is 0 Å². The van der Waals surface area contributed by atoms with E-state index in [9.17, 15) is 4.79 Å². The third-order valence-electron chi connectivity index (χ3n) is 1.55. The van der Waals surface area contributed by atoms with E-state index < -0.39 is 5.97 Å². The minimum absolute atomic E-state index is 0.0678. The van der Waals surface area contributed by atoms with Crippen LogP contribution in [0.1, 0.15) is 12.6 Å². The van der Waals surface area contributed by atoms with Crippen LogP contribution in [-0.4, -0.2) is 17.6 Å². The molecule has 1 aromatic heterocycles. The van der Waals surface area contributed by atoms with E-state index >= 15 is 0 Å². The number of esters is 1. The summed E-state index contributed by atoms with van der Waals surface area (Å²) in [6.45, 7) is 1.92. The summed E-state index contributed by atoms with van der Waals surface area (Å²) >= 11 is 0. The molecule has 15 heavy (non-hydrogen) atoms. The molecule has 1 N–H and O–H groups in total. The highest BCUT2D eigenvalue weighted by atomic mass is 16.5. The molecular formula is C9H10N4O2. The van der Waals surface area contributed by atoms with Crippen molar-refractivity contribution in [2.45, 2.75) is 6.92 Å². The second-order valence-electron chi connectivity index (χ2n) is 2.56. The maximum atomic E-state index is 11.3. The van der Waals surface area contributed by atoms with Crippen molar-refractivity contribution in [3.8, 4) is 0 Å². The quantitative estimate of drug-likeness (QED) is 0.269. The lowest BCUT2D eigenvalue weighted by Gasteiger charge is -1.99. The molecule has 0 unspecified atom stereocenters. The van der Waals surface area contributed by atoms with Crippen molar-refractivity contribution in [3.63, 3.8) is 0 Å². The van der Waals surface area contributed by atoms with Gasteiger partial charge >= 0.3 is 5.97 Å². The zero-order valence-electron chi connectivity index (χ0n) is 8.17. The Kier molecular flexibility index (Phi) is 4.00. The minimum Gasteiger partial charge on any atom is -0.462 e. The molecule has 1 heterocycles. The Hall–Kier alpha value is -2.20. The number of azide groups is 1. The highest BCUT2D eigenvalue weighted by molar-refractivity contribution is 5.92. The van der Waals surface area contributed by atoms with Gasteiger partial charge in [0.2, 0.25) is 0 Å². The number of aromatic amines is 1. The lowest BCUT2D eigenvalue weighted by molar-refractivity contribution is -0.138. The average Bonchev–Trinajstić information content (AvgIpc) is 2.70. The first-order valence-corrected chi connectivity index (χ1v) is 4.35. The van der Waals surface area contributed by atoms with E-state index in [0.29, 0.717) is 5.69 Å². The number of hydrogen-bond acceptors (Lipinski definition) is 3. The molecule has 0 aliphatic rings. The Morgan fingerprint density at radius 3 is 3.13 bits per heavy atom. The molecular weight excluding hydrogens is 196 g/mol. The summed E-state index contributed by atoms with van der Waals surface area (Å²) in [5.74, 6) is -0.634. The molecule has 6 heteroatoms. The molecule has 0 aliphatic carbocycles. The SMILES string of the molecule is CCOC(=O)/C(=C/c1ccc[nH]1)N=[N+]=[N-]. The van der Waals surface area contributed by atoms with E-state index in [4.69, 9.17) is 10.3 Å². The molecule has 0 atom stereocenters. The largest absolute Gasteiger partial charge is 0.462 e. The average molecular weight is 206 g/mol. The number of aromatic nitrogens is 1. The first kappa shape index (κ1) is 10.9. The zero-order valence-corrected chi connectivity index (χ0v) is 8.17.